The van der Waals surface area contributed by atoms with Crippen LogP contribution in [0.15, 0.2) is 18.2 Å². The summed E-state index contributed by atoms with van der Waals surface area (Å²) in [6.07, 6.45) is 0. The standard InChI is InChI=1S/C15H19N5/c1-9(2)18-15-13(8-16)14(17)20(19-15)12-6-10(3)5-11(4)7-12/h5-7,9H,17H2,1-4H3,(H,18,19). The number of aromatic nitrogens is 2. The average Bonchev–Trinajstić information content (AvgIpc) is 2.63. The highest BCUT2D eigenvalue weighted by atomic mass is 15.3. The second-order valence-corrected chi connectivity index (χ2v) is 5.28. The number of nitrogens with two attached hydrogens (primary N) is 1. The normalized spacial score (nSPS) is 10.6. The zero-order valence-corrected chi connectivity index (χ0v) is 12.2. The molecule has 0 spiro atoms. The van der Waals surface area contributed by atoms with Gasteiger partial charge in [0.2, 0.25) is 0 Å². The number of benzene rings is 1. The van der Waals surface area contributed by atoms with Gasteiger partial charge in [0.05, 0.1) is 5.69 Å². The van der Waals surface area contributed by atoms with Crippen LogP contribution in [0.2, 0.25) is 0 Å². The van der Waals surface area contributed by atoms with E-state index >= 15 is 0 Å². The zero-order valence-electron chi connectivity index (χ0n) is 12.2. The maximum atomic E-state index is 9.26. The van der Waals surface area contributed by atoms with Gasteiger partial charge in [0, 0.05) is 6.04 Å². The van der Waals surface area contributed by atoms with Crippen molar-refractivity contribution in [2.45, 2.75) is 33.7 Å². The summed E-state index contributed by atoms with van der Waals surface area (Å²) in [4.78, 5) is 0. The molecule has 0 unspecified atom stereocenters. The van der Waals surface area contributed by atoms with Crippen LogP contribution in [0, 0.1) is 25.2 Å². The van der Waals surface area contributed by atoms with E-state index in [4.69, 9.17) is 5.73 Å². The molecule has 2 aromatic rings. The Balaban J connectivity index is 2.57. The molecule has 5 heteroatoms. The Morgan fingerprint density at radius 1 is 1.25 bits per heavy atom. The number of nitriles is 1. The Labute approximate surface area is 119 Å². The molecule has 5 nitrogen and oxygen atoms in total. The summed E-state index contributed by atoms with van der Waals surface area (Å²) in [7, 11) is 0. The van der Waals surface area contributed by atoms with Crippen LogP contribution in [0.4, 0.5) is 11.6 Å². The summed E-state index contributed by atoms with van der Waals surface area (Å²) in [6.45, 7) is 8.03. The van der Waals surface area contributed by atoms with Gasteiger partial charge in [-0.2, -0.15) is 5.26 Å². The number of hydrogen-bond acceptors (Lipinski definition) is 4. The van der Waals surface area contributed by atoms with Crippen LogP contribution < -0.4 is 11.1 Å². The molecule has 3 N–H and O–H groups in total. The van der Waals surface area contributed by atoms with Gasteiger partial charge >= 0.3 is 0 Å². The van der Waals surface area contributed by atoms with Crippen molar-refractivity contribution in [2.75, 3.05) is 11.1 Å². The van der Waals surface area contributed by atoms with Crippen molar-refractivity contribution in [1.29, 1.82) is 5.26 Å². The summed E-state index contributed by atoms with van der Waals surface area (Å²) in [6, 6.07) is 8.38. The van der Waals surface area contributed by atoms with E-state index in [0.29, 0.717) is 17.2 Å². The number of aryl methyl sites for hydroxylation is 2. The van der Waals surface area contributed by atoms with Crippen molar-refractivity contribution in [3.63, 3.8) is 0 Å². The second-order valence-electron chi connectivity index (χ2n) is 5.28. The highest BCUT2D eigenvalue weighted by molar-refractivity contribution is 5.66. The van der Waals surface area contributed by atoms with E-state index in [1.165, 1.54) is 0 Å². The lowest BCUT2D eigenvalue weighted by Crippen LogP contribution is -2.11. The van der Waals surface area contributed by atoms with Gasteiger partial charge in [-0.3, -0.25) is 0 Å². The Hall–Kier alpha value is -2.48. The maximum absolute atomic E-state index is 9.26. The molecule has 0 bridgehead atoms. The van der Waals surface area contributed by atoms with E-state index in [1.54, 1.807) is 4.68 Å². The van der Waals surface area contributed by atoms with Crippen molar-refractivity contribution >= 4 is 11.6 Å². The molecular formula is C15H19N5. The van der Waals surface area contributed by atoms with E-state index in [0.717, 1.165) is 16.8 Å². The van der Waals surface area contributed by atoms with E-state index in [1.807, 2.05) is 39.8 Å². The summed E-state index contributed by atoms with van der Waals surface area (Å²) >= 11 is 0. The second kappa shape index (κ2) is 5.25. The minimum Gasteiger partial charge on any atom is -0.382 e. The first-order chi connectivity index (χ1) is 9.42. The molecule has 0 fully saturated rings. The third-order valence-electron chi connectivity index (χ3n) is 2.91. The molecule has 2 rings (SSSR count). The van der Waals surface area contributed by atoms with Gasteiger partial charge in [0.1, 0.15) is 17.5 Å². The third kappa shape index (κ3) is 2.59. The molecule has 1 heterocycles. The maximum Gasteiger partial charge on any atom is 0.168 e. The van der Waals surface area contributed by atoms with Gasteiger partial charge in [0.25, 0.3) is 0 Å². The van der Waals surface area contributed by atoms with Crippen LogP contribution in [0.5, 0.6) is 0 Å². The van der Waals surface area contributed by atoms with Crippen LogP contribution in [0.3, 0.4) is 0 Å². The summed E-state index contributed by atoms with van der Waals surface area (Å²) in [5, 5.41) is 16.8. The van der Waals surface area contributed by atoms with Gasteiger partial charge in [-0.05, 0) is 51.0 Å². The molecule has 1 aromatic heterocycles. The van der Waals surface area contributed by atoms with Crippen LogP contribution in [-0.4, -0.2) is 15.8 Å². The smallest absolute Gasteiger partial charge is 0.168 e. The van der Waals surface area contributed by atoms with Crippen molar-refractivity contribution in [1.82, 2.24) is 9.78 Å². The van der Waals surface area contributed by atoms with Crippen molar-refractivity contribution in [3.05, 3.63) is 34.9 Å². The number of nitrogen functional groups attached to an aromatic ring is 1. The average molecular weight is 269 g/mol. The zero-order chi connectivity index (χ0) is 14.9. The van der Waals surface area contributed by atoms with Crippen LogP contribution in [-0.2, 0) is 0 Å². The lowest BCUT2D eigenvalue weighted by molar-refractivity contribution is 0.849. The van der Waals surface area contributed by atoms with Crippen LogP contribution >= 0.6 is 0 Å². The predicted octanol–water partition coefficient (Wildman–Crippen LogP) is 2.76. The molecule has 0 aliphatic heterocycles. The number of nitrogens with one attached hydrogen (secondary N) is 1. The first-order valence-electron chi connectivity index (χ1n) is 6.56. The number of hydrogen-bond donors (Lipinski definition) is 2. The Bertz CT molecular complexity index is 656. The monoisotopic (exact) mass is 269 g/mol. The fourth-order valence-corrected chi connectivity index (χ4v) is 2.19. The van der Waals surface area contributed by atoms with Gasteiger partial charge < -0.3 is 11.1 Å². The molecule has 104 valence electrons. The SMILES string of the molecule is Cc1cc(C)cc(-n2nc(NC(C)C)c(C#N)c2N)c1. The van der Waals surface area contributed by atoms with Gasteiger partial charge in [-0.15, -0.1) is 5.10 Å². The van der Waals surface area contributed by atoms with Gasteiger partial charge in [-0.1, -0.05) is 6.07 Å². The predicted molar refractivity (Wildman–Crippen MR) is 80.9 cm³/mol. The first kappa shape index (κ1) is 13.9. The number of nitrogens with zero attached hydrogens (tertiary/aromatic N) is 3. The molecule has 0 amide bonds. The lowest BCUT2D eigenvalue weighted by atomic mass is 10.1. The Morgan fingerprint density at radius 2 is 1.85 bits per heavy atom. The van der Waals surface area contributed by atoms with Gasteiger partial charge in [0.15, 0.2) is 5.82 Å². The third-order valence-corrected chi connectivity index (χ3v) is 2.91. The highest BCUT2D eigenvalue weighted by Crippen LogP contribution is 2.25. The summed E-state index contributed by atoms with van der Waals surface area (Å²) < 4.78 is 1.61. The molecule has 20 heavy (non-hydrogen) atoms. The van der Waals surface area contributed by atoms with E-state index in [2.05, 4.69) is 22.6 Å². The topological polar surface area (TPSA) is 79.7 Å². The van der Waals surface area contributed by atoms with Crippen molar-refractivity contribution in [2.24, 2.45) is 0 Å². The molecular weight excluding hydrogens is 250 g/mol. The fourth-order valence-electron chi connectivity index (χ4n) is 2.19. The lowest BCUT2D eigenvalue weighted by Gasteiger charge is -2.07. The molecule has 0 aliphatic carbocycles. The molecule has 0 saturated carbocycles. The summed E-state index contributed by atoms with van der Waals surface area (Å²) in [5.41, 5.74) is 9.58. The Morgan fingerprint density at radius 3 is 2.35 bits per heavy atom. The summed E-state index contributed by atoms with van der Waals surface area (Å²) in [5.74, 6) is 0.889. The number of rotatable bonds is 3. The fraction of sp³-hybridized carbons (Fsp3) is 0.333. The molecule has 1 aromatic carbocycles. The molecule has 0 radical (unpaired) electrons. The molecule has 0 atom stereocenters. The van der Waals surface area contributed by atoms with Crippen molar-refractivity contribution < 1.29 is 0 Å². The van der Waals surface area contributed by atoms with Crippen molar-refractivity contribution in [3.8, 4) is 11.8 Å². The first-order valence-corrected chi connectivity index (χ1v) is 6.56. The van der Waals surface area contributed by atoms with Gasteiger partial charge in [-0.25, -0.2) is 4.68 Å². The minimum absolute atomic E-state index is 0.184. The quantitative estimate of drug-likeness (QED) is 0.898. The van der Waals surface area contributed by atoms with Crippen LogP contribution in [0.25, 0.3) is 5.69 Å². The van der Waals surface area contributed by atoms with Crippen LogP contribution in [0.1, 0.15) is 30.5 Å². The van der Waals surface area contributed by atoms with E-state index < -0.39 is 0 Å². The number of anilines is 2. The largest absolute Gasteiger partial charge is 0.382 e. The Kier molecular flexibility index (Phi) is 3.66. The highest BCUT2D eigenvalue weighted by Gasteiger charge is 2.17. The minimum atomic E-state index is 0.184. The molecule has 0 saturated heterocycles. The van der Waals surface area contributed by atoms with E-state index in [-0.39, 0.29) is 6.04 Å². The molecule has 0 aliphatic rings. The van der Waals surface area contributed by atoms with E-state index in [9.17, 15) is 5.26 Å².